The van der Waals surface area contributed by atoms with Gasteiger partial charge >= 0.3 is 0 Å². The van der Waals surface area contributed by atoms with E-state index in [-0.39, 0.29) is 5.56 Å². The Hall–Kier alpha value is -5.40. The fraction of sp³-hybridized carbons (Fsp3) is 0.0833. The highest BCUT2D eigenvalue weighted by Gasteiger charge is 2.17. The van der Waals surface area contributed by atoms with Crippen molar-refractivity contribution in [3.63, 3.8) is 0 Å². The molecule has 0 spiro atoms. The fourth-order valence-corrected chi connectivity index (χ4v) is 5.48. The summed E-state index contributed by atoms with van der Waals surface area (Å²) < 4.78 is 15.5. The average Bonchev–Trinajstić information content (AvgIpc) is 3.60. The molecule has 216 valence electrons. The normalized spacial score (nSPS) is 11.6. The minimum Gasteiger partial charge on any atom is -0.489 e. The van der Waals surface area contributed by atoms with E-state index in [9.17, 15) is 4.79 Å². The Labute approximate surface area is 258 Å². The van der Waals surface area contributed by atoms with E-state index in [2.05, 4.69) is 9.67 Å². The molecule has 0 bridgehead atoms. The number of aryl methyl sites for hydroxylation is 1. The first kappa shape index (κ1) is 27.4. The van der Waals surface area contributed by atoms with Gasteiger partial charge in [0.1, 0.15) is 17.9 Å². The molecule has 0 aliphatic rings. The number of hydrogen-bond donors (Lipinski definition) is 0. The van der Waals surface area contributed by atoms with Gasteiger partial charge in [-0.25, -0.2) is 4.98 Å². The van der Waals surface area contributed by atoms with Crippen molar-refractivity contribution in [1.29, 1.82) is 0 Å². The van der Waals surface area contributed by atoms with Gasteiger partial charge in [0, 0.05) is 33.0 Å². The summed E-state index contributed by atoms with van der Waals surface area (Å²) in [6.07, 6.45) is 1.70. The second kappa shape index (κ2) is 11.4. The molecular formula is C36H27ClN4O3. The first-order chi connectivity index (χ1) is 21.4. The number of nitrogens with zero attached hydrogens (tertiary/aromatic N) is 4. The maximum Gasteiger partial charge on any atom is 0.282 e. The van der Waals surface area contributed by atoms with Gasteiger partial charge in [0.25, 0.3) is 5.56 Å². The summed E-state index contributed by atoms with van der Waals surface area (Å²) in [7, 11) is 0. The van der Waals surface area contributed by atoms with Crippen LogP contribution in [0.2, 0.25) is 5.02 Å². The minimum atomic E-state index is -0.273. The van der Waals surface area contributed by atoms with Crippen LogP contribution in [0.15, 0.2) is 124 Å². The highest BCUT2D eigenvalue weighted by atomic mass is 35.5. The van der Waals surface area contributed by atoms with Gasteiger partial charge in [-0.05, 0) is 86.1 Å². The van der Waals surface area contributed by atoms with Gasteiger partial charge < -0.3 is 13.7 Å². The molecule has 0 amide bonds. The first-order valence-corrected chi connectivity index (χ1v) is 14.5. The third-order valence-electron chi connectivity index (χ3n) is 7.60. The van der Waals surface area contributed by atoms with Gasteiger partial charge in [-0.1, -0.05) is 54.1 Å². The molecule has 0 aliphatic carbocycles. The van der Waals surface area contributed by atoms with E-state index >= 15 is 0 Å². The highest BCUT2D eigenvalue weighted by Crippen LogP contribution is 2.28. The third kappa shape index (κ3) is 5.18. The molecule has 7 aromatic rings. The standard InChI is InChI=1S/C36H27ClN4O3/c1-23-19-27(24(2)40(23)29-15-17-30(18-16-29)43-22-25-11-13-28(37)14-12-25)21-38-41-35(34-20-26-7-3-6-10-33(26)44-34)39-32-9-5-4-8-31(32)36(41)42/h3-21H,22H2,1-2H3. The van der Waals surface area contributed by atoms with Crippen LogP contribution in [0.3, 0.4) is 0 Å². The Morgan fingerprint density at radius 3 is 2.45 bits per heavy atom. The zero-order valence-corrected chi connectivity index (χ0v) is 24.8. The van der Waals surface area contributed by atoms with Crippen molar-refractivity contribution in [3.05, 3.63) is 147 Å². The van der Waals surface area contributed by atoms with Gasteiger partial charge in [0.15, 0.2) is 5.76 Å². The molecule has 0 saturated carbocycles. The van der Waals surface area contributed by atoms with Gasteiger partial charge in [-0.2, -0.15) is 9.78 Å². The molecule has 8 heteroatoms. The summed E-state index contributed by atoms with van der Waals surface area (Å²) in [6, 6.07) is 34.5. The quantitative estimate of drug-likeness (QED) is 0.173. The Bertz CT molecular complexity index is 2190. The van der Waals surface area contributed by atoms with Gasteiger partial charge in [-0.15, -0.1) is 0 Å². The number of fused-ring (bicyclic) bond motifs is 2. The monoisotopic (exact) mass is 598 g/mol. The molecule has 44 heavy (non-hydrogen) atoms. The largest absolute Gasteiger partial charge is 0.489 e. The predicted octanol–water partition coefficient (Wildman–Crippen LogP) is 8.33. The lowest BCUT2D eigenvalue weighted by molar-refractivity contribution is 0.306. The number of ether oxygens (including phenoxy) is 1. The summed E-state index contributed by atoms with van der Waals surface area (Å²) in [4.78, 5) is 18.5. The van der Waals surface area contributed by atoms with E-state index in [1.54, 1.807) is 12.3 Å². The zero-order chi connectivity index (χ0) is 30.2. The zero-order valence-electron chi connectivity index (χ0n) is 24.1. The summed E-state index contributed by atoms with van der Waals surface area (Å²) in [6.45, 7) is 4.53. The summed E-state index contributed by atoms with van der Waals surface area (Å²) in [5.41, 5.74) is 5.94. The molecule has 0 atom stereocenters. The SMILES string of the molecule is Cc1cc(C=Nn2c(-c3cc4ccccc4o3)nc3ccccc3c2=O)c(C)n1-c1ccc(OCc2ccc(Cl)cc2)cc1. The maximum absolute atomic E-state index is 13.7. The van der Waals surface area contributed by atoms with Crippen LogP contribution >= 0.6 is 11.6 Å². The van der Waals surface area contributed by atoms with E-state index in [1.807, 2.05) is 117 Å². The summed E-state index contributed by atoms with van der Waals surface area (Å²) in [5.74, 6) is 1.58. The van der Waals surface area contributed by atoms with Gasteiger partial charge in [-0.3, -0.25) is 4.79 Å². The molecule has 3 heterocycles. The molecule has 7 nitrogen and oxygen atoms in total. The summed E-state index contributed by atoms with van der Waals surface area (Å²) >= 11 is 5.98. The lowest BCUT2D eigenvalue weighted by atomic mass is 10.2. The van der Waals surface area contributed by atoms with Crippen LogP contribution in [0.25, 0.3) is 39.1 Å². The number of rotatable bonds is 7. The minimum absolute atomic E-state index is 0.273. The van der Waals surface area contributed by atoms with Crippen LogP contribution < -0.4 is 10.3 Å². The number of furan rings is 1. The van der Waals surface area contributed by atoms with Crippen LogP contribution in [0.5, 0.6) is 5.75 Å². The van der Waals surface area contributed by atoms with E-state index in [1.165, 1.54) is 4.68 Å². The molecule has 0 saturated heterocycles. The molecule has 0 radical (unpaired) electrons. The third-order valence-corrected chi connectivity index (χ3v) is 7.85. The van der Waals surface area contributed by atoms with Crippen molar-refractivity contribution in [3.8, 4) is 23.0 Å². The van der Waals surface area contributed by atoms with Gasteiger partial charge in [0.2, 0.25) is 5.82 Å². The molecule has 0 fully saturated rings. The smallest absolute Gasteiger partial charge is 0.282 e. The van der Waals surface area contributed by atoms with Crippen molar-refractivity contribution >= 4 is 39.7 Å². The molecule has 4 aromatic carbocycles. The topological polar surface area (TPSA) is 74.5 Å². The Morgan fingerprint density at radius 2 is 1.66 bits per heavy atom. The molecular weight excluding hydrogens is 572 g/mol. The van der Waals surface area contributed by atoms with Crippen molar-refractivity contribution in [1.82, 2.24) is 14.2 Å². The Kier molecular flexibility index (Phi) is 7.08. The number of aromatic nitrogens is 3. The molecule has 0 aliphatic heterocycles. The van der Waals surface area contributed by atoms with E-state index in [4.69, 9.17) is 25.7 Å². The van der Waals surface area contributed by atoms with Crippen LogP contribution in [0.1, 0.15) is 22.5 Å². The number of halogens is 1. The number of para-hydroxylation sites is 2. The van der Waals surface area contributed by atoms with Crippen LogP contribution in [0.4, 0.5) is 0 Å². The number of hydrogen-bond acceptors (Lipinski definition) is 5. The lowest BCUT2D eigenvalue weighted by Crippen LogP contribution is -2.20. The lowest BCUT2D eigenvalue weighted by Gasteiger charge is -2.11. The van der Waals surface area contributed by atoms with Crippen LogP contribution in [0, 0.1) is 13.8 Å². The van der Waals surface area contributed by atoms with Crippen molar-refractivity contribution in [2.45, 2.75) is 20.5 Å². The summed E-state index contributed by atoms with van der Waals surface area (Å²) in [5, 5.41) is 6.77. The molecule has 3 aromatic heterocycles. The van der Waals surface area contributed by atoms with Crippen LogP contribution in [-0.2, 0) is 6.61 Å². The highest BCUT2D eigenvalue weighted by molar-refractivity contribution is 6.30. The Morgan fingerprint density at radius 1 is 0.909 bits per heavy atom. The second-order valence-electron chi connectivity index (χ2n) is 10.5. The Balaban J connectivity index is 1.21. The van der Waals surface area contributed by atoms with E-state index < -0.39 is 0 Å². The predicted molar refractivity (Wildman–Crippen MR) is 175 cm³/mol. The van der Waals surface area contributed by atoms with Crippen molar-refractivity contribution in [2.75, 3.05) is 0 Å². The number of benzene rings is 4. The second-order valence-corrected chi connectivity index (χ2v) is 11.0. The first-order valence-electron chi connectivity index (χ1n) is 14.2. The van der Waals surface area contributed by atoms with E-state index in [0.29, 0.717) is 39.7 Å². The molecule has 0 N–H and O–H groups in total. The molecule has 0 unspecified atom stereocenters. The van der Waals surface area contributed by atoms with Crippen molar-refractivity contribution < 1.29 is 9.15 Å². The average molecular weight is 599 g/mol. The van der Waals surface area contributed by atoms with Crippen LogP contribution in [-0.4, -0.2) is 20.4 Å². The van der Waals surface area contributed by atoms with E-state index in [0.717, 1.165) is 39.3 Å². The van der Waals surface area contributed by atoms with Crippen molar-refractivity contribution in [2.24, 2.45) is 5.10 Å². The van der Waals surface area contributed by atoms with Gasteiger partial charge in [0.05, 0.1) is 17.1 Å². The maximum atomic E-state index is 13.7. The fourth-order valence-electron chi connectivity index (χ4n) is 5.36. The molecule has 7 rings (SSSR count).